The van der Waals surface area contributed by atoms with Gasteiger partial charge in [0.1, 0.15) is 5.70 Å². The Hall–Kier alpha value is -3.68. The van der Waals surface area contributed by atoms with Crippen LogP contribution in [0, 0.1) is 0 Å². The zero-order valence-electron chi connectivity index (χ0n) is 19.8. The van der Waals surface area contributed by atoms with E-state index in [-0.39, 0.29) is 18.1 Å². The Kier molecular flexibility index (Phi) is 10.1. The van der Waals surface area contributed by atoms with Crippen LogP contribution in [0.4, 0.5) is 0 Å². The van der Waals surface area contributed by atoms with Gasteiger partial charge in [-0.15, -0.1) is 0 Å². The maximum atomic E-state index is 12.8. The standard InChI is InChI=1S/C25H32N2O6/c1-6-7-12-33-22-11-9-19(15-24(22)32-5)16-26-25(29)20(27-17(2)28)13-18-8-10-21(30-3)23(14-18)31-4/h8-11,13-15H,6-7,12,16H2,1-5H3,(H,26,29)(H,27,28)/b20-13-. The fraction of sp³-hybridized carbons (Fsp3) is 0.360. The molecule has 0 aromatic heterocycles. The van der Waals surface area contributed by atoms with Gasteiger partial charge in [0, 0.05) is 13.5 Å². The molecule has 0 saturated carbocycles. The van der Waals surface area contributed by atoms with Crippen LogP contribution in [0.3, 0.4) is 0 Å². The van der Waals surface area contributed by atoms with E-state index in [1.54, 1.807) is 38.5 Å². The Balaban J connectivity index is 2.16. The molecule has 8 nitrogen and oxygen atoms in total. The summed E-state index contributed by atoms with van der Waals surface area (Å²) in [6.07, 6.45) is 3.57. The van der Waals surface area contributed by atoms with Gasteiger partial charge in [0.15, 0.2) is 23.0 Å². The lowest BCUT2D eigenvalue weighted by Crippen LogP contribution is -2.33. The Labute approximate surface area is 194 Å². The van der Waals surface area contributed by atoms with Crippen molar-refractivity contribution in [3.63, 3.8) is 0 Å². The first-order chi connectivity index (χ1) is 15.9. The lowest BCUT2D eigenvalue weighted by Gasteiger charge is -2.13. The summed E-state index contributed by atoms with van der Waals surface area (Å²) in [4.78, 5) is 24.5. The van der Waals surface area contributed by atoms with Crippen LogP contribution in [0.25, 0.3) is 6.08 Å². The number of hydrogen-bond acceptors (Lipinski definition) is 6. The highest BCUT2D eigenvalue weighted by atomic mass is 16.5. The van der Waals surface area contributed by atoms with Crippen molar-refractivity contribution in [2.24, 2.45) is 0 Å². The Morgan fingerprint density at radius 2 is 1.58 bits per heavy atom. The molecule has 2 amide bonds. The van der Waals surface area contributed by atoms with Crippen molar-refractivity contribution in [1.29, 1.82) is 0 Å². The van der Waals surface area contributed by atoms with E-state index in [9.17, 15) is 9.59 Å². The number of hydrogen-bond donors (Lipinski definition) is 2. The SMILES string of the molecule is CCCCOc1ccc(CNC(=O)/C(=C/c2ccc(OC)c(OC)c2)NC(C)=O)cc1OC. The third kappa shape index (κ3) is 7.75. The second-order valence-electron chi connectivity index (χ2n) is 7.22. The Bertz CT molecular complexity index is 987. The number of rotatable bonds is 12. The van der Waals surface area contributed by atoms with Crippen LogP contribution < -0.4 is 29.6 Å². The van der Waals surface area contributed by atoms with Crippen molar-refractivity contribution < 1.29 is 28.5 Å². The van der Waals surface area contributed by atoms with E-state index in [1.165, 1.54) is 14.0 Å². The maximum absolute atomic E-state index is 12.8. The molecule has 0 bridgehead atoms. The maximum Gasteiger partial charge on any atom is 0.268 e. The average molecular weight is 457 g/mol. The highest BCUT2D eigenvalue weighted by Gasteiger charge is 2.13. The van der Waals surface area contributed by atoms with Crippen molar-refractivity contribution in [3.8, 4) is 23.0 Å². The number of methoxy groups -OCH3 is 3. The minimum atomic E-state index is -0.428. The summed E-state index contributed by atoms with van der Waals surface area (Å²) in [5.41, 5.74) is 1.61. The van der Waals surface area contributed by atoms with Gasteiger partial charge >= 0.3 is 0 Å². The third-order valence-electron chi connectivity index (χ3n) is 4.71. The van der Waals surface area contributed by atoms with Gasteiger partial charge in [-0.05, 0) is 47.9 Å². The van der Waals surface area contributed by atoms with Gasteiger partial charge in [-0.25, -0.2) is 0 Å². The number of amides is 2. The van der Waals surface area contributed by atoms with Crippen molar-refractivity contribution in [2.45, 2.75) is 33.2 Å². The monoisotopic (exact) mass is 456 g/mol. The van der Waals surface area contributed by atoms with E-state index in [4.69, 9.17) is 18.9 Å². The minimum Gasteiger partial charge on any atom is -0.493 e. The molecule has 0 aliphatic heterocycles. The van der Waals surface area contributed by atoms with Crippen LogP contribution in [0.15, 0.2) is 42.1 Å². The van der Waals surface area contributed by atoms with Crippen LogP contribution in [0.1, 0.15) is 37.8 Å². The van der Waals surface area contributed by atoms with Gasteiger partial charge in [-0.3, -0.25) is 9.59 Å². The normalized spacial score (nSPS) is 10.9. The molecule has 0 unspecified atom stereocenters. The molecule has 0 saturated heterocycles. The first kappa shape index (κ1) is 25.6. The van der Waals surface area contributed by atoms with Crippen molar-refractivity contribution in [1.82, 2.24) is 10.6 Å². The van der Waals surface area contributed by atoms with Gasteiger partial charge in [0.25, 0.3) is 5.91 Å². The minimum absolute atomic E-state index is 0.112. The fourth-order valence-corrected chi connectivity index (χ4v) is 3.00. The van der Waals surface area contributed by atoms with E-state index in [1.807, 2.05) is 18.2 Å². The van der Waals surface area contributed by atoms with Crippen LogP contribution in [0.2, 0.25) is 0 Å². The first-order valence-electron chi connectivity index (χ1n) is 10.7. The third-order valence-corrected chi connectivity index (χ3v) is 4.71. The van der Waals surface area contributed by atoms with Crippen molar-refractivity contribution in [2.75, 3.05) is 27.9 Å². The van der Waals surface area contributed by atoms with Crippen LogP contribution in [-0.2, 0) is 16.1 Å². The van der Waals surface area contributed by atoms with E-state index in [0.29, 0.717) is 35.2 Å². The van der Waals surface area contributed by atoms with Crippen molar-refractivity contribution in [3.05, 3.63) is 53.2 Å². The zero-order valence-corrected chi connectivity index (χ0v) is 19.8. The molecule has 2 aromatic carbocycles. The molecule has 0 aliphatic rings. The van der Waals surface area contributed by atoms with Crippen LogP contribution >= 0.6 is 0 Å². The topological polar surface area (TPSA) is 95.1 Å². The zero-order chi connectivity index (χ0) is 24.2. The average Bonchev–Trinajstić information content (AvgIpc) is 2.82. The molecule has 0 heterocycles. The number of carbonyl (C=O) groups excluding carboxylic acids is 2. The molecule has 0 atom stereocenters. The van der Waals surface area contributed by atoms with Crippen LogP contribution in [-0.4, -0.2) is 39.8 Å². The molecule has 0 spiro atoms. The highest BCUT2D eigenvalue weighted by molar-refractivity contribution is 6.00. The Morgan fingerprint density at radius 3 is 2.21 bits per heavy atom. The summed E-state index contributed by atoms with van der Waals surface area (Å²) in [6, 6.07) is 10.7. The quantitative estimate of drug-likeness (QED) is 0.374. The number of carbonyl (C=O) groups is 2. The second-order valence-corrected chi connectivity index (χ2v) is 7.22. The molecule has 2 N–H and O–H groups in total. The molecule has 0 fully saturated rings. The summed E-state index contributed by atoms with van der Waals surface area (Å²) in [7, 11) is 4.65. The smallest absolute Gasteiger partial charge is 0.268 e. The Morgan fingerprint density at radius 1 is 0.909 bits per heavy atom. The van der Waals surface area contributed by atoms with Gasteiger partial charge < -0.3 is 29.6 Å². The molecule has 178 valence electrons. The largest absolute Gasteiger partial charge is 0.493 e. The molecular weight excluding hydrogens is 424 g/mol. The molecular formula is C25H32N2O6. The van der Waals surface area contributed by atoms with E-state index in [2.05, 4.69) is 17.6 Å². The van der Waals surface area contributed by atoms with Gasteiger partial charge in [-0.2, -0.15) is 0 Å². The summed E-state index contributed by atoms with van der Waals surface area (Å²) < 4.78 is 21.7. The number of unbranched alkanes of at least 4 members (excludes halogenated alkanes) is 1. The highest BCUT2D eigenvalue weighted by Crippen LogP contribution is 2.29. The summed E-state index contributed by atoms with van der Waals surface area (Å²) in [5, 5.41) is 5.41. The molecule has 0 radical (unpaired) electrons. The molecule has 2 rings (SSSR count). The van der Waals surface area contributed by atoms with E-state index in [0.717, 1.165) is 18.4 Å². The lowest BCUT2D eigenvalue weighted by atomic mass is 10.1. The van der Waals surface area contributed by atoms with Gasteiger partial charge in [0.2, 0.25) is 5.91 Å². The van der Waals surface area contributed by atoms with Crippen LogP contribution in [0.5, 0.6) is 23.0 Å². The predicted octanol–water partition coefficient (Wildman–Crippen LogP) is 3.68. The molecule has 33 heavy (non-hydrogen) atoms. The van der Waals surface area contributed by atoms with E-state index >= 15 is 0 Å². The second kappa shape index (κ2) is 13.0. The number of benzene rings is 2. The van der Waals surface area contributed by atoms with Gasteiger partial charge in [-0.1, -0.05) is 25.5 Å². The fourth-order valence-electron chi connectivity index (χ4n) is 3.00. The number of nitrogens with one attached hydrogen (secondary N) is 2. The predicted molar refractivity (Wildman–Crippen MR) is 127 cm³/mol. The molecule has 2 aromatic rings. The molecule has 0 aliphatic carbocycles. The lowest BCUT2D eigenvalue weighted by molar-refractivity contribution is -0.122. The summed E-state index contributed by atoms with van der Waals surface area (Å²) >= 11 is 0. The number of ether oxygens (including phenoxy) is 4. The summed E-state index contributed by atoms with van der Waals surface area (Å²) in [5.74, 6) is 1.56. The summed E-state index contributed by atoms with van der Waals surface area (Å²) in [6.45, 7) is 4.30. The van der Waals surface area contributed by atoms with Crippen molar-refractivity contribution >= 4 is 17.9 Å². The first-order valence-corrected chi connectivity index (χ1v) is 10.7. The van der Waals surface area contributed by atoms with Gasteiger partial charge in [0.05, 0.1) is 27.9 Å². The van der Waals surface area contributed by atoms with E-state index < -0.39 is 5.91 Å². The molecule has 8 heteroatoms.